The van der Waals surface area contributed by atoms with Gasteiger partial charge >= 0.3 is 0 Å². The van der Waals surface area contributed by atoms with Crippen LogP contribution in [-0.4, -0.2) is 63.0 Å². The predicted molar refractivity (Wildman–Crippen MR) is 115 cm³/mol. The minimum Gasteiger partial charge on any atom is -0.363 e. The highest BCUT2D eigenvalue weighted by molar-refractivity contribution is 7.89. The predicted octanol–water partition coefficient (Wildman–Crippen LogP) is 2.24. The largest absolute Gasteiger partial charge is 0.363 e. The molecular formula is C21H29N5O2S. The monoisotopic (exact) mass is 415 g/mol. The van der Waals surface area contributed by atoms with E-state index in [0.29, 0.717) is 37.0 Å². The number of anilines is 2. The zero-order chi connectivity index (χ0) is 20.6. The van der Waals surface area contributed by atoms with Crippen molar-refractivity contribution in [3.8, 4) is 0 Å². The van der Waals surface area contributed by atoms with Gasteiger partial charge in [0.15, 0.2) is 0 Å². The van der Waals surface area contributed by atoms with E-state index in [2.05, 4.69) is 14.9 Å². The minimum absolute atomic E-state index is 0.424. The first-order valence-electron chi connectivity index (χ1n) is 10.2. The van der Waals surface area contributed by atoms with Crippen LogP contribution in [0.25, 0.3) is 0 Å². The number of aryl methyl sites for hydroxylation is 3. The van der Waals surface area contributed by atoms with Gasteiger partial charge in [0.05, 0.1) is 4.90 Å². The van der Waals surface area contributed by atoms with Crippen LogP contribution in [0, 0.1) is 6.92 Å². The molecule has 1 aromatic carbocycles. The molecule has 2 heterocycles. The van der Waals surface area contributed by atoms with E-state index in [9.17, 15) is 8.42 Å². The van der Waals surface area contributed by atoms with E-state index in [4.69, 9.17) is 0 Å². The Kier molecular flexibility index (Phi) is 5.48. The number of fused-ring (bicyclic) bond motifs is 1. The van der Waals surface area contributed by atoms with Crippen LogP contribution in [0.4, 0.5) is 11.8 Å². The molecule has 0 amide bonds. The molecule has 1 saturated heterocycles. The number of hydrogen-bond acceptors (Lipinski definition) is 6. The lowest BCUT2D eigenvalue weighted by atomic mass is 9.92. The second kappa shape index (κ2) is 7.91. The summed E-state index contributed by atoms with van der Waals surface area (Å²) in [5.74, 6) is 1.52. The summed E-state index contributed by atoms with van der Waals surface area (Å²) in [4.78, 5) is 13.6. The van der Waals surface area contributed by atoms with Crippen LogP contribution in [0.2, 0.25) is 0 Å². The molecule has 156 valence electrons. The van der Waals surface area contributed by atoms with Gasteiger partial charge in [0.25, 0.3) is 0 Å². The van der Waals surface area contributed by atoms with Crippen molar-refractivity contribution in [2.75, 3.05) is 50.1 Å². The third kappa shape index (κ3) is 4.09. The quantitative estimate of drug-likeness (QED) is 0.763. The standard InChI is InChI=1S/C21H29N5O2S/c1-16-14-20(24(2)3)23-21(22-16)25-10-12-26(13-11-25)29(27,28)19-9-8-17-6-4-5-7-18(17)15-19/h8-9,14-15H,4-7,10-13H2,1-3H3. The van der Waals surface area contributed by atoms with Gasteiger partial charge in [-0.05, 0) is 55.9 Å². The van der Waals surface area contributed by atoms with Gasteiger partial charge in [-0.3, -0.25) is 0 Å². The number of aromatic nitrogens is 2. The van der Waals surface area contributed by atoms with E-state index in [1.807, 2.05) is 44.1 Å². The number of sulfonamides is 1. The molecule has 0 bridgehead atoms. The average molecular weight is 416 g/mol. The first-order chi connectivity index (χ1) is 13.8. The molecule has 0 spiro atoms. The van der Waals surface area contributed by atoms with E-state index >= 15 is 0 Å². The van der Waals surface area contributed by atoms with Gasteiger partial charge in [-0.25, -0.2) is 13.4 Å². The van der Waals surface area contributed by atoms with Crippen molar-refractivity contribution in [3.63, 3.8) is 0 Å². The Morgan fingerprint density at radius 1 is 0.931 bits per heavy atom. The fourth-order valence-electron chi connectivity index (χ4n) is 4.05. The van der Waals surface area contributed by atoms with Crippen molar-refractivity contribution in [2.24, 2.45) is 0 Å². The SMILES string of the molecule is Cc1cc(N(C)C)nc(N2CCN(S(=O)(=O)c3ccc4c(c3)CCCC4)CC2)n1. The van der Waals surface area contributed by atoms with Crippen molar-refractivity contribution < 1.29 is 8.42 Å². The lowest BCUT2D eigenvalue weighted by Crippen LogP contribution is -2.49. The molecule has 2 aromatic rings. The van der Waals surface area contributed by atoms with Gasteiger partial charge in [-0.2, -0.15) is 9.29 Å². The summed E-state index contributed by atoms with van der Waals surface area (Å²) in [6, 6.07) is 7.61. The minimum atomic E-state index is -3.47. The van der Waals surface area contributed by atoms with E-state index < -0.39 is 10.0 Å². The number of benzene rings is 1. The lowest BCUT2D eigenvalue weighted by molar-refractivity contribution is 0.382. The molecule has 0 N–H and O–H groups in total. The second-order valence-electron chi connectivity index (χ2n) is 8.09. The maximum Gasteiger partial charge on any atom is 0.243 e. The molecule has 0 atom stereocenters. The van der Waals surface area contributed by atoms with Crippen molar-refractivity contribution in [3.05, 3.63) is 41.1 Å². The van der Waals surface area contributed by atoms with Crippen molar-refractivity contribution in [1.82, 2.24) is 14.3 Å². The van der Waals surface area contributed by atoms with Crippen molar-refractivity contribution >= 4 is 21.8 Å². The van der Waals surface area contributed by atoms with Gasteiger partial charge in [-0.1, -0.05) is 6.07 Å². The fraction of sp³-hybridized carbons (Fsp3) is 0.524. The fourth-order valence-corrected chi connectivity index (χ4v) is 5.53. The summed E-state index contributed by atoms with van der Waals surface area (Å²) in [7, 11) is 0.433. The molecular weight excluding hydrogens is 386 g/mol. The van der Waals surface area contributed by atoms with Gasteiger partial charge in [0.2, 0.25) is 16.0 Å². The Bertz CT molecular complexity index is 998. The maximum absolute atomic E-state index is 13.2. The van der Waals surface area contributed by atoms with E-state index in [1.165, 1.54) is 17.5 Å². The summed E-state index contributed by atoms with van der Waals surface area (Å²) in [5.41, 5.74) is 3.40. The highest BCUT2D eigenvalue weighted by atomic mass is 32.2. The van der Waals surface area contributed by atoms with Crippen LogP contribution in [0.3, 0.4) is 0 Å². The molecule has 8 heteroatoms. The molecule has 7 nitrogen and oxygen atoms in total. The van der Waals surface area contributed by atoms with E-state index in [-0.39, 0.29) is 0 Å². The number of nitrogens with zero attached hydrogens (tertiary/aromatic N) is 5. The normalized spacial score (nSPS) is 17.8. The Hall–Kier alpha value is -2.19. The van der Waals surface area contributed by atoms with Crippen LogP contribution in [0.15, 0.2) is 29.2 Å². The Balaban J connectivity index is 1.49. The van der Waals surface area contributed by atoms with Crippen LogP contribution in [-0.2, 0) is 22.9 Å². The molecule has 0 radical (unpaired) electrons. The average Bonchev–Trinajstić information content (AvgIpc) is 2.73. The Labute approximate surface area is 173 Å². The zero-order valence-electron chi connectivity index (χ0n) is 17.4. The number of rotatable bonds is 4. The third-order valence-electron chi connectivity index (χ3n) is 5.77. The molecule has 0 unspecified atom stereocenters. The highest BCUT2D eigenvalue weighted by Gasteiger charge is 2.30. The molecule has 2 aliphatic rings. The number of hydrogen-bond donors (Lipinski definition) is 0. The molecule has 1 aromatic heterocycles. The Morgan fingerprint density at radius 3 is 2.31 bits per heavy atom. The van der Waals surface area contributed by atoms with Crippen molar-refractivity contribution in [2.45, 2.75) is 37.5 Å². The van der Waals surface area contributed by atoms with Gasteiger partial charge < -0.3 is 9.80 Å². The first-order valence-corrected chi connectivity index (χ1v) is 11.7. The van der Waals surface area contributed by atoms with E-state index in [1.54, 1.807) is 10.4 Å². The molecule has 1 aliphatic carbocycles. The molecule has 4 rings (SSSR count). The number of piperazine rings is 1. The molecule has 1 aliphatic heterocycles. The van der Waals surface area contributed by atoms with Gasteiger partial charge in [-0.15, -0.1) is 0 Å². The molecule has 29 heavy (non-hydrogen) atoms. The Morgan fingerprint density at radius 2 is 1.62 bits per heavy atom. The van der Waals surface area contributed by atoms with Crippen molar-refractivity contribution in [1.29, 1.82) is 0 Å². The summed E-state index contributed by atoms with van der Waals surface area (Å²) >= 11 is 0. The topological polar surface area (TPSA) is 69.6 Å². The second-order valence-corrected chi connectivity index (χ2v) is 10.0. The summed E-state index contributed by atoms with van der Waals surface area (Å²) < 4.78 is 28.0. The molecule has 1 fully saturated rings. The van der Waals surface area contributed by atoms with Gasteiger partial charge in [0, 0.05) is 52.0 Å². The van der Waals surface area contributed by atoms with Crippen LogP contribution in [0.5, 0.6) is 0 Å². The highest BCUT2D eigenvalue weighted by Crippen LogP contribution is 2.26. The third-order valence-corrected chi connectivity index (χ3v) is 7.66. The van der Waals surface area contributed by atoms with Gasteiger partial charge in [0.1, 0.15) is 5.82 Å². The summed E-state index contributed by atoms with van der Waals surface area (Å²) in [6.07, 6.45) is 4.36. The van der Waals surface area contributed by atoms with Crippen LogP contribution < -0.4 is 9.80 Å². The zero-order valence-corrected chi connectivity index (χ0v) is 18.2. The summed E-state index contributed by atoms with van der Waals surface area (Å²) in [6.45, 7) is 4.00. The van der Waals surface area contributed by atoms with Crippen LogP contribution >= 0.6 is 0 Å². The van der Waals surface area contributed by atoms with Crippen LogP contribution in [0.1, 0.15) is 29.7 Å². The molecule has 0 saturated carbocycles. The van der Waals surface area contributed by atoms with E-state index in [0.717, 1.165) is 30.8 Å². The maximum atomic E-state index is 13.2. The summed E-state index contributed by atoms with van der Waals surface area (Å²) in [5, 5.41) is 0. The first kappa shape index (κ1) is 20.1. The lowest BCUT2D eigenvalue weighted by Gasteiger charge is -2.34. The smallest absolute Gasteiger partial charge is 0.243 e.